The quantitative estimate of drug-likeness (QED) is 0.851. The number of fused-ring (bicyclic) bond motifs is 1. The van der Waals surface area contributed by atoms with Crippen LogP contribution in [0.1, 0.15) is 48.9 Å². The highest BCUT2D eigenvalue weighted by atomic mass is 16.5. The predicted octanol–water partition coefficient (Wildman–Crippen LogP) is 3.07. The van der Waals surface area contributed by atoms with Gasteiger partial charge in [-0.3, -0.25) is 4.79 Å². The van der Waals surface area contributed by atoms with E-state index in [1.54, 1.807) is 13.2 Å². The van der Waals surface area contributed by atoms with Crippen LogP contribution in [0.5, 0.6) is 5.75 Å². The molecule has 2 N–H and O–H groups in total. The summed E-state index contributed by atoms with van der Waals surface area (Å²) in [4.78, 5) is 15.0. The summed E-state index contributed by atoms with van der Waals surface area (Å²) in [6, 6.07) is 5.86. The second kappa shape index (κ2) is 5.96. The molecule has 2 fully saturated rings. The van der Waals surface area contributed by atoms with Crippen molar-refractivity contribution in [2.24, 2.45) is 5.92 Å². The summed E-state index contributed by atoms with van der Waals surface area (Å²) in [7, 11) is 1.58. The number of ether oxygens (including phenoxy) is 1. The first-order valence-electron chi connectivity index (χ1n) is 7.96. The number of piperidine rings is 1. The van der Waals surface area contributed by atoms with Crippen molar-refractivity contribution in [3.8, 4) is 5.75 Å². The highest BCUT2D eigenvalue weighted by Gasteiger charge is 2.36. The summed E-state index contributed by atoms with van der Waals surface area (Å²) in [5.74, 6) is 1.34. The van der Waals surface area contributed by atoms with E-state index in [1.165, 1.54) is 25.7 Å². The topological polar surface area (TPSA) is 55.6 Å². The standard InChI is InChI=1S/C17H24N2O2/c1-21-15-10-4-8-13(16(15)18)17(20)19-11-5-7-12-6-2-3-9-14(12)19/h4,8,10,12,14H,2-3,5-7,9,11,18H2,1H3. The molecule has 0 aromatic heterocycles. The summed E-state index contributed by atoms with van der Waals surface area (Å²) in [5, 5.41) is 0. The zero-order chi connectivity index (χ0) is 14.8. The van der Waals surface area contributed by atoms with Crippen LogP contribution in [-0.4, -0.2) is 30.5 Å². The number of carbonyl (C=O) groups excluding carboxylic acids is 1. The van der Waals surface area contributed by atoms with Crippen LogP contribution in [-0.2, 0) is 0 Å². The number of likely N-dealkylation sites (tertiary alicyclic amines) is 1. The van der Waals surface area contributed by atoms with E-state index in [0.717, 1.165) is 19.4 Å². The number of para-hydroxylation sites is 1. The first kappa shape index (κ1) is 14.2. The van der Waals surface area contributed by atoms with Gasteiger partial charge in [0.05, 0.1) is 18.4 Å². The minimum atomic E-state index is 0.0722. The molecule has 2 unspecified atom stereocenters. The molecule has 21 heavy (non-hydrogen) atoms. The maximum absolute atomic E-state index is 12.9. The molecule has 1 aliphatic heterocycles. The number of nitrogens with zero attached hydrogens (tertiary/aromatic N) is 1. The van der Waals surface area contributed by atoms with E-state index in [-0.39, 0.29) is 5.91 Å². The molecular weight excluding hydrogens is 264 g/mol. The highest BCUT2D eigenvalue weighted by molar-refractivity contribution is 6.00. The van der Waals surface area contributed by atoms with E-state index < -0.39 is 0 Å². The molecule has 1 aromatic carbocycles. The van der Waals surface area contributed by atoms with E-state index in [9.17, 15) is 4.79 Å². The predicted molar refractivity (Wildman–Crippen MR) is 83.4 cm³/mol. The van der Waals surface area contributed by atoms with Crippen LogP contribution in [0.4, 0.5) is 5.69 Å². The van der Waals surface area contributed by atoms with E-state index >= 15 is 0 Å². The van der Waals surface area contributed by atoms with Crippen LogP contribution >= 0.6 is 0 Å². The van der Waals surface area contributed by atoms with Gasteiger partial charge < -0.3 is 15.4 Å². The van der Waals surface area contributed by atoms with Crippen molar-refractivity contribution in [2.45, 2.75) is 44.6 Å². The fourth-order valence-corrected chi connectivity index (χ4v) is 3.94. The number of hydrogen-bond donors (Lipinski definition) is 1. The van der Waals surface area contributed by atoms with Crippen LogP contribution in [0, 0.1) is 5.92 Å². The minimum absolute atomic E-state index is 0.0722. The molecule has 0 bridgehead atoms. The zero-order valence-electron chi connectivity index (χ0n) is 12.7. The number of rotatable bonds is 2. The van der Waals surface area contributed by atoms with Crippen LogP contribution in [0.25, 0.3) is 0 Å². The van der Waals surface area contributed by atoms with Crippen molar-refractivity contribution in [3.05, 3.63) is 23.8 Å². The van der Waals surface area contributed by atoms with Crippen molar-refractivity contribution >= 4 is 11.6 Å². The number of benzene rings is 1. The second-order valence-electron chi connectivity index (χ2n) is 6.17. The lowest BCUT2D eigenvalue weighted by atomic mass is 9.78. The molecule has 0 spiro atoms. The van der Waals surface area contributed by atoms with Crippen molar-refractivity contribution in [1.29, 1.82) is 0 Å². The van der Waals surface area contributed by atoms with Crippen LogP contribution in [0.3, 0.4) is 0 Å². The summed E-state index contributed by atoms with van der Waals surface area (Å²) in [6.45, 7) is 0.858. The molecule has 1 aromatic rings. The molecule has 4 nitrogen and oxygen atoms in total. The number of hydrogen-bond acceptors (Lipinski definition) is 3. The molecule has 2 atom stereocenters. The second-order valence-corrected chi connectivity index (χ2v) is 6.17. The van der Waals surface area contributed by atoms with Gasteiger partial charge in [-0.2, -0.15) is 0 Å². The summed E-state index contributed by atoms with van der Waals surface area (Å²) < 4.78 is 5.23. The molecule has 1 amide bonds. The molecule has 2 aliphatic rings. The lowest BCUT2D eigenvalue weighted by Crippen LogP contribution is -2.49. The molecule has 1 heterocycles. The van der Waals surface area contributed by atoms with E-state index in [4.69, 9.17) is 10.5 Å². The molecule has 1 aliphatic carbocycles. The Morgan fingerprint density at radius 2 is 2.00 bits per heavy atom. The number of nitrogens with two attached hydrogens (primary N) is 1. The molecule has 114 valence electrons. The van der Waals surface area contributed by atoms with Crippen LogP contribution < -0.4 is 10.5 Å². The fraction of sp³-hybridized carbons (Fsp3) is 0.588. The molecule has 1 saturated carbocycles. The number of nitrogen functional groups attached to an aromatic ring is 1. The smallest absolute Gasteiger partial charge is 0.256 e. The Kier molecular flexibility index (Phi) is 4.04. The highest BCUT2D eigenvalue weighted by Crippen LogP contribution is 2.37. The van der Waals surface area contributed by atoms with Gasteiger partial charge in [0.15, 0.2) is 0 Å². The Bertz CT molecular complexity index is 528. The molecule has 1 saturated heterocycles. The Labute approximate surface area is 126 Å². The largest absolute Gasteiger partial charge is 0.495 e. The molecule has 0 radical (unpaired) electrons. The third kappa shape index (κ3) is 2.59. The van der Waals surface area contributed by atoms with Gasteiger partial charge in [0.25, 0.3) is 5.91 Å². The average molecular weight is 288 g/mol. The Morgan fingerprint density at radius 1 is 1.24 bits per heavy atom. The number of methoxy groups -OCH3 is 1. The fourth-order valence-electron chi connectivity index (χ4n) is 3.94. The van der Waals surface area contributed by atoms with Crippen molar-refractivity contribution < 1.29 is 9.53 Å². The Balaban J connectivity index is 1.87. The average Bonchev–Trinajstić information content (AvgIpc) is 2.54. The van der Waals surface area contributed by atoms with Gasteiger partial charge in [-0.1, -0.05) is 18.9 Å². The number of anilines is 1. The van der Waals surface area contributed by atoms with Gasteiger partial charge in [-0.25, -0.2) is 0 Å². The van der Waals surface area contributed by atoms with E-state index in [0.29, 0.717) is 29.0 Å². The summed E-state index contributed by atoms with van der Waals surface area (Å²) in [6.07, 6.45) is 7.32. The maximum atomic E-state index is 12.9. The molecule has 3 rings (SSSR count). The zero-order valence-corrected chi connectivity index (χ0v) is 12.7. The van der Waals surface area contributed by atoms with Crippen molar-refractivity contribution in [2.75, 3.05) is 19.4 Å². The minimum Gasteiger partial charge on any atom is -0.495 e. The first-order chi connectivity index (χ1) is 10.2. The summed E-state index contributed by atoms with van der Waals surface area (Å²) >= 11 is 0. The van der Waals surface area contributed by atoms with Crippen LogP contribution in [0.2, 0.25) is 0 Å². The number of carbonyl (C=O) groups is 1. The van der Waals surface area contributed by atoms with E-state index in [2.05, 4.69) is 4.90 Å². The van der Waals surface area contributed by atoms with Gasteiger partial charge in [-0.15, -0.1) is 0 Å². The lowest BCUT2D eigenvalue weighted by Gasteiger charge is -2.44. The summed E-state index contributed by atoms with van der Waals surface area (Å²) in [5.41, 5.74) is 7.14. The van der Waals surface area contributed by atoms with Gasteiger partial charge in [0.2, 0.25) is 0 Å². The van der Waals surface area contributed by atoms with Gasteiger partial charge in [0, 0.05) is 12.6 Å². The molecular formula is C17H24N2O2. The van der Waals surface area contributed by atoms with Crippen LogP contribution in [0.15, 0.2) is 18.2 Å². The first-order valence-corrected chi connectivity index (χ1v) is 7.96. The Morgan fingerprint density at radius 3 is 2.81 bits per heavy atom. The SMILES string of the molecule is COc1cccc(C(=O)N2CCCC3CCCCC32)c1N. The monoisotopic (exact) mass is 288 g/mol. The normalized spacial score (nSPS) is 25.3. The van der Waals surface area contributed by atoms with E-state index in [1.807, 2.05) is 12.1 Å². The third-order valence-electron chi connectivity index (χ3n) is 5.02. The van der Waals surface area contributed by atoms with Gasteiger partial charge in [0.1, 0.15) is 5.75 Å². The maximum Gasteiger partial charge on any atom is 0.256 e. The lowest BCUT2D eigenvalue weighted by molar-refractivity contribution is 0.0391. The van der Waals surface area contributed by atoms with Gasteiger partial charge in [-0.05, 0) is 43.7 Å². The van der Waals surface area contributed by atoms with Gasteiger partial charge >= 0.3 is 0 Å². The van der Waals surface area contributed by atoms with Crippen molar-refractivity contribution in [1.82, 2.24) is 4.90 Å². The third-order valence-corrected chi connectivity index (χ3v) is 5.02. The number of amides is 1. The molecule has 4 heteroatoms. The Hall–Kier alpha value is -1.71. The van der Waals surface area contributed by atoms with Crippen molar-refractivity contribution in [3.63, 3.8) is 0 Å².